The molecule has 0 aliphatic rings. The van der Waals surface area contributed by atoms with Gasteiger partial charge in [-0.25, -0.2) is 4.31 Å². The van der Waals surface area contributed by atoms with Crippen LogP contribution < -0.4 is 4.52 Å². The quantitative estimate of drug-likeness (QED) is 0.448. The summed E-state index contributed by atoms with van der Waals surface area (Å²) in [6, 6.07) is 1.29. The average Bonchev–Trinajstić information content (AvgIpc) is 2.35. The molecule has 1 unspecified atom stereocenters. The summed E-state index contributed by atoms with van der Waals surface area (Å²) in [5, 5.41) is 0.0329. The van der Waals surface area contributed by atoms with E-state index in [0.717, 1.165) is 0 Å². The first-order valence-electron chi connectivity index (χ1n) is 5.80. The lowest BCUT2D eigenvalue weighted by atomic mass is 10.5. The highest BCUT2D eigenvalue weighted by atomic mass is 35.5. The van der Waals surface area contributed by atoms with Gasteiger partial charge in [-0.3, -0.25) is 0 Å². The molecule has 1 aromatic rings. The van der Waals surface area contributed by atoms with Crippen LogP contribution >= 0.6 is 48.2 Å². The van der Waals surface area contributed by atoms with Gasteiger partial charge in [-0.1, -0.05) is 48.7 Å². The van der Waals surface area contributed by atoms with E-state index >= 15 is 0 Å². The predicted octanol–water partition coefficient (Wildman–Crippen LogP) is 3.97. The highest BCUT2D eigenvalue weighted by molar-refractivity contribution is 8.29. The third kappa shape index (κ3) is 5.87. The molecule has 6 nitrogen and oxygen atoms in total. The van der Waals surface area contributed by atoms with E-state index in [2.05, 4.69) is 16.8 Å². The highest BCUT2D eigenvalue weighted by Crippen LogP contribution is 2.61. The van der Waals surface area contributed by atoms with Crippen molar-refractivity contribution in [3.8, 4) is 5.88 Å². The highest BCUT2D eigenvalue weighted by Gasteiger charge is 2.31. The third-order valence-electron chi connectivity index (χ3n) is 2.26. The van der Waals surface area contributed by atoms with E-state index in [1.165, 1.54) is 6.07 Å². The zero-order chi connectivity index (χ0) is 17.1. The second-order valence-electron chi connectivity index (χ2n) is 3.72. The van der Waals surface area contributed by atoms with Gasteiger partial charge in [0, 0.05) is 0 Å². The molecule has 1 aromatic heterocycles. The Morgan fingerprint density at radius 1 is 1.18 bits per heavy atom. The van der Waals surface area contributed by atoms with Crippen molar-refractivity contribution in [2.24, 2.45) is 0 Å². The number of halogens is 3. The van der Waals surface area contributed by atoms with Gasteiger partial charge in [-0.2, -0.15) is 4.98 Å². The molecule has 13 heteroatoms. The summed E-state index contributed by atoms with van der Waals surface area (Å²) in [5.41, 5.74) is 0. The molecular formula is C9H14Cl3NO5P2S2. The summed E-state index contributed by atoms with van der Waals surface area (Å²) >= 11 is 22.0. The molecule has 0 aliphatic carbocycles. The van der Waals surface area contributed by atoms with E-state index in [1.54, 1.807) is 13.8 Å². The molecule has 0 saturated carbocycles. The summed E-state index contributed by atoms with van der Waals surface area (Å²) in [6.45, 7) is -4.32. The monoisotopic (exact) mass is 447 g/mol. The Kier molecular flexibility index (Phi) is 8.12. The largest absolute Gasteiger partial charge is 0.407 e. The maximum absolute atomic E-state index is 10.7. The Balaban J connectivity index is 3.40. The van der Waals surface area contributed by atoms with Crippen molar-refractivity contribution in [3.63, 3.8) is 0 Å². The number of hydrogen-bond acceptors (Lipinski definition) is 4. The summed E-state index contributed by atoms with van der Waals surface area (Å²) in [5.74, 6) is 0.749. The minimum atomic E-state index is -4.16. The Bertz CT molecular complexity index is 663. The van der Waals surface area contributed by atoms with E-state index in [4.69, 9.17) is 43.6 Å². The topological polar surface area (TPSA) is 92.0 Å². The SMILES string of the molecule is CCS(CC)=P(O)(Oc1nc(Cl)c(Cl)cc1Cl)OP(O)(O)=S. The normalized spacial score (nSPS) is 15.0. The van der Waals surface area contributed by atoms with Crippen LogP contribution in [0.2, 0.25) is 15.2 Å². The standard InChI is InChI=1S/C9H14Cl3NO5P2S2/c1-3-22(4-2)20(16,18-19(14,15)21)17-9-7(11)5-6(10)8(12)13-9/h5,16H,3-4H2,1-2H3,(H2,14,15,21). The average molecular weight is 449 g/mol. The Morgan fingerprint density at radius 2 is 1.73 bits per heavy atom. The van der Waals surface area contributed by atoms with Gasteiger partial charge in [-0.15, -0.1) is 10.1 Å². The van der Waals surface area contributed by atoms with Crippen molar-refractivity contribution < 1.29 is 23.5 Å². The van der Waals surface area contributed by atoms with Gasteiger partial charge in [0.25, 0.3) is 0 Å². The van der Waals surface area contributed by atoms with Gasteiger partial charge in [0.15, 0.2) is 5.15 Å². The van der Waals surface area contributed by atoms with Crippen molar-refractivity contribution >= 4 is 70.1 Å². The maximum atomic E-state index is 10.7. The van der Waals surface area contributed by atoms with Crippen molar-refractivity contribution in [2.75, 3.05) is 11.5 Å². The molecule has 0 aliphatic heterocycles. The lowest BCUT2D eigenvalue weighted by molar-refractivity contribution is 0.320. The van der Waals surface area contributed by atoms with Crippen LogP contribution in [0.4, 0.5) is 0 Å². The number of aromatic nitrogens is 1. The fraction of sp³-hybridized carbons (Fsp3) is 0.444. The van der Waals surface area contributed by atoms with Crippen molar-refractivity contribution in [2.45, 2.75) is 13.8 Å². The molecule has 3 N–H and O–H groups in total. The molecule has 0 spiro atoms. The van der Waals surface area contributed by atoms with Crippen molar-refractivity contribution in [1.29, 1.82) is 0 Å². The molecule has 22 heavy (non-hydrogen) atoms. The van der Waals surface area contributed by atoms with Crippen LogP contribution in [0.25, 0.3) is 0 Å². The molecule has 0 radical (unpaired) electrons. The van der Waals surface area contributed by atoms with Gasteiger partial charge in [-0.05, 0) is 29.4 Å². The first-order valence-corrected chi connectivity index (χ1v) is 13.3. The van der Waals surface area contributed by atoms with Crippen LogP contribution in [0, 0.1) is 0 Å². The molecule has 0 fully saturated rings. The summed E-state index contributed by atoms with van der Waals surface area (Å²) < 4.78 is 10.3. The minimum absolute atomic E-state index is 0.00337. The van der Waals surface area contributed by atoms with Crippen molar-refractivity contribution in [1.82, 2.24) is 4.98 Å². The van der Waals surface area contributed by atoms with Crippen molar-refractivity contribution in [3.05, 3.63) is 21.3 Å². The van der Waals surface area contributed by atoms with Gasteiger partial charge < -0.3 is 19.2 Å². The number of pyridine rings is 1. The van der Waals surface area contributed by atoms with E-state index < -0.39 is 23.5 Å². The lowest BCUT2D eigenvalue weighted by Crippen LogP contribution is -2.08. The zero-order valence-corrected chi connectivity index (χ0v) is 17.1. The molecule has 1 atom stereocenters. The van der Waals surface area contributed by atoms with Gasteiger partial charge in [0.05, 0.1) is 5.02 Å². The van der Waals surface area contributed by atoms with E-state index in [0.29, 0.717) is 11.5 Å². The van der Waals surface area contributed by atoms with Gasteiger partial charge >= 0.3 is 13.4 Å². The molecule has 1 rings (SSSR count). The first-order chi connectivity index (χ1) is 10.0. The number of hydrogen-bond donors (Lipinski definition) is 3. The molecule has 0 saturated heterocycles. The predicted molar refractivity (Wildman–Crippen MR) is 97.3 cm³/mol. The van der Waals surface area contributed by atoms with Crippen LogP contribution in [0.3, 0.4) is 0 Å². The second kappa shape index (κ2) is 8.45. The summed E-state index contributed by atoms with van der Waals surface area (Å²) in [4.78, 5) is 33.3. The molecule has 128 valence electrons. The van der Waals surface area contributed by atoms with Crippen LogP contribution in [-0.4, -0.2) is 31.2 Å². The summed E-state index contributed by atoms with van der Waals surface area (Å²) in [6.07, 6.45) is 0. The second-order valence-corrected chi connectivity index (χ2v) is 14.1. The fourth-order valence-electron chi connectivity index (χ4n) is 1.38. The lowest BCUT2D eigenvalue weighted by Gasteiger charge is -2.25. The summed E-state index contributed by atoms with van der Waals surface area (Å²) in [7, 11) is -0.820. The van der Waals surface area contributed by atoms with Crippen LogP contribution in [0.1, 0.15) is 13.8 Å². The zero-order valence-electron chi connectivity index (χ0n) is 11.4. The van der Waals surface area contributed by atoms with Crippen LogP contribution in [-0.2, 0) is 26.2 Å². The fourth-order valence-corrected chi connectivity index (χ4v) is 10.4. The molecular weight excluding hydrogens is 435 g/mol. The third-order valence-corrected chi connectivity index (χ3v) is 12.2. The Hall–Kier alpha value is 1.09. The Morgan fingerprint density at radius 3 is 2.18 bits per heavy atom. The molecule has 0 bridgehead atoms. The van der Waals surface area contributed by atoms with E-state index in [1.807, 2.05) is 0 Å². The van der Waals surface area contributed by atoms with Gasteiger partial charge in [0.1, 0.15) is 5.02 Å². The molecule has 0 amide bonds. The molecule has 1 heterocycles. The van der Waals surface area contributed by atoms with Crippen LogP contribution in [0.15, 0.2) is 6.07 Å². The van der Waals surface area contributed by atoms with E-state index in [9.17, 15) is 14.7 Å². The van der Waals surface area contributed by atoms with Gasteiger partial charge in [0.2, 0.25) is 5.88 Å². The van der Waals surface area contributed by atoms with E-state index in [-0.39, 0.29) is 21.1 Å². The van der Waals surface area contributed by atoms with Crippen LogP contribution in [0.5, 0.6) is 5.88 Å². The Labute approximate surface area is 150 Å². The first kappa shape index (κ1) is 21.1. The smallest absolute Gasteiger partial charge is 0.343 e. The molecule has 0 aromatic carbocycles. The number of nitrogens with zero attached hydrogens (tertiary/aromatic N) is 1. The minimum Gasteiger partial charge on any atom is -0.407 e. The number of rotatable bonds is 6. The maximum Gasteiger partial charge on any atom is 0.343 e.